The summed E-state index contributed by atoms with van der Waals surface area (Å²) < 4.78 is 44.0. The van der Waals surface area contributed by atoms with Gasteiger partial charge in [-0.15, -0.1) is 0 Å². The number of nitrogens with zero attached hydrogens (tertiary/aromatic N) is 1. The van der Waals surface area contributed by atoms with Crippen molar-refractivity contribution in [1.82, 2.24) is 9.88 Å². The van der Waals surface area contributed by atoms with Crippen molar-refractivity contribution in [3.8, 4) is 17.2 Å². The second kappa shape index (κ2) is 8.81. The maximum atomic E-state index is 13.7. The summed E-state index contributed by atoms with van der Waals surface area (Å²) >= 11 is 0. The van der Waals surface area contributed by atoms with Crippen LogP contribution in [0.4, 0.5) is 13.6 Å². The van der Waals surface area contributed by atoms with Crippen molar-refractivity contribution in [1.29, 1.82) is 0 Å². The molecule has 0 fully saturated rings. The molecule has 0 spiro atoms. The van der Waals surface area contributed by atoms with Gasteiger partial charge in [0.15, 0.2) is 17.2 Å². The van der Waals surface area contributed by atoms with Gasteiger partial charge in [0, 0.05) is 30.1 Å². The maximum absolute atomic E-state index is 13.7. The zero-order valence-electron chi connectivity index (χ0n) is 16.6. The molecule has 1 N–H and O–H groups in total. The van der Waals surface area contributed by atoms with Crippen LogP contribution in [-0.2, 0) is 13.1 Å². The number of halogens is 2. The van der Waals surface area contributed by atoms with Crippen LogP contribution in [0.25, 0.3) is 10.8 Å². The average molecular weight is 418 g/mol. The fourth-order valence-corrected chi connectivity index (χ4v) is 2.97. The molecule has 0 saturated heterocycles. The largest absolute Gasteiger partial charge is 0.493 e. The Bertz CT molecular complexity index is 1160. The molecule has 7 nitrogen and oxygen atoms in total. The number of rotatable bonds is 6. The molecule has 2 aromatic carbocycles. The van der Waals surface area contributed by atoms with Crippen molar-refractivity contribution < 1.29 is 27.8 Å². The third-order valence-corrected chi connectivity index (χ3v) is 4.54. The number of carbonyl (C=O) groups excluding carboxylic acids is 1. The van der Waals surface area contributed by atoms with Crippen LogP contribution in [0, 0.1) is 11.6 Å². The minimum Gasteiger partial charge on any atom is -0.493 e. The molecule has 0 radical (unpaired) electrons. The van der Waals surface area contributed by atoms with E-state index in [1.165, 1.54) is 43.2 Å². The number of hydrogen-bond acceptors (Lipinski definition) is 5. The lowest BCUT2D eigenvalue weighted by molar-refractivity contribution is 0.200. The highest BCUT2D eigenvalue weighted by atomic mass is 19.1. The highest BCUT2D eigenvalue weighted by molar-refractivity contribution is 5.92. The summed E-state index contributed by atoms with van der Waals surface area (Å²) in [5.74, 6) is -0.659. The summed E-state index contributed by atoms with van der Waals surface area (Å²) in [6.45, 7) is 1.92. The summed E-state index contributed by atoms with van der Waals surface area (Å²) in [7, 11) is 2.89. The van der Waals surface area contributed by atoms with Crippen molar-refractivity contribution in [3.05, 3.63) is 64.1 Å². The highest BCUT2D eigenvalue weighted by Gasteiger charge is 2.17. The van der Waals surface area contributed by atoms with Crippen LogP contribution in [0.2, 0.25) is 0 Å². The SMILES string of the molecule is CCn1cc(OC(=O)NCc2ccc(F)cc2F)c2cc(OC)c(OC)cc2c1=O. The van der Waals surface area contributed by atoms with Gasteiger partial charge < -0.3 is 24.1 Å². The zero-order valence-corrected chi connectivity index (χ0v) is 16.6. The number of ether oxygens (including phenoxy) is 3. The lowest BCUT2D eigenvalue weighted by Gasteiger charge is -2.14. The van der Waals surface area contributed by atoms with Crippen LogP contribution in [-0.4, -0.2) is 24.9 Å². The Kier molecular flexibility index (Phi) is 6.20. The Morgan fingerprint density at radius 2 is 1.70 bits per heavy atom. The number of benzene rings is 2. The van der Waals surface area contributed by atoms with E-state index in [9.17, 15) is 18.4 Å². The van der Waals surface area contributed by atoms with Crippen LogP contribution in [0.3, 0.4) is 0 Å². The van der Waals surface area contributed by atoms with Gasteiger partial charge in [-0.05, 0) is 25.1 Å². The zero-order chi connectivity index (χ0) is 21.8. The molecule has 0 atom stereocenters. The Morgan fingerprint density at radius 1 is 1.03 bits per heavy atom. The minimum absolute atomic E-state index is 0.100. The van der Waals surface area contributed by atoms with E-state index in [-0.39, 0.29) is 28.8 Å². The molecule has 1 heterocycles. The third-order valence-electron chi connectivity index (χ3n) is 4.54. The third kappa shape index (κ3) is 4.19. The molecule has 0 unspecified atom stereocenters. The summed E-state index contributed by atoms with van der Waals surface area (Å²) in [6, 6.07) is 6.11. The first-order valence-corrected chi connectivity index (χ1v) is 9.06. The van der Waals surface area contributed by atoms with E-state index in [1.54, 1.807) is 6.92 Å². The molecule has 0 saturated carbocycles. The number of aromatic nitrogens is 1. The van der Waals surface area contributed by atoms with Gasteiger partial charge >= 0.3 is 6.09 Å². The molecule has 158 valence electrons. The molecule has 0 aliphatic heterocycles. The summed E-state index contributed by atoms with van der Waals surface area (Å²) in [5, 5.41) is 3.04. The van der Waals surface area contributed by atoms with Crippen LogP contribution < -0.4 is 25.1 Å². The van der Waals surface area contributed by atoms with Crippen LogP contribution in [0.1, 0.15) is 12.5 Å². The Labute approximate surface area is 170 Å². The van der Waals surface area contributed by atoms with Gasteiger partial charge in [0.2, 0.25) is 0 Å². The lowest BCUT2D eigenvalue weighted by Crippen LogP contribution is -2.28. The normalized spacial score (nSPS) is 10.7. The molecule has 0 aliphatic carbocycles. The van der Waals surface area contributed by atoms with Crippen molar-refractivity contribution in [3.63, 3.8) is 0 Å². The number of fused-ring (bicyclic) bond motifs is 1. The number of aryl methyl sites for hydroxylation is 1. The van der Waals surface area contributed by atoms with E-state index >= 15 is 0 Å². The number of pyridine rings is 1. The van der Waals surface area contributed by atoms with Crippen molar-refractivity contribution >= 4 is 16.9 Å². The first-order valence-electron chi connectivity index (χ1n) is 9.06. The smallest absolute Gasteiger partial charge is 0.412 e. The summed E-state index contributed by atoms with van der Waals surface area (Å²) in [4.78, 5) is 25.0. The molecule has 30 heavy (non-hydrogen) atoms. The predicted octanol–water partition coefficient (Wildman–Crippen LogP) is 3.61. The van der Waals surface area contributed by atoms with E-state index in [4.69, 9.17) is 14.2 Å². The molecule has 1 aromatic heterocycles. The molecule has 9 heteroatoms. The fourth-order valence-electron chi connectivity index (χ4n) is 2.97. The Hall–Kier alpha value is -3.62. The van der Waals surface area contributed by atoms with Gasteiger partial charge in [-0.25, -0.2) is 13.6 Å². The molecule has 3 rings (SSSR count). The van der Waals surface area contributed by atoms with Crippen molar-refractivity contribution in [2.75, 3.05) is 14.2 Å². The number of methoxy groups -OCH3 is 2. The highest BCUT2D eigenvalue weighted by Crippen LogP contribution is 2.35. The van der Waals surface area contributed by atoms with Gasteiger partial charge in [0.1, 0.15) is 11.6 Å². The van der Waals surface area contributed by atoms with Crippen molar-refractivity contribution in [2.45, 2.75) is 20.0 Å². The second-order valence-corrected chi connectivity index (χ2v) is 6.32. The second-order valence-electron chi connectivity index (χ2n) is 6.32. The van der Waals surface area contributed by atoms with Crippen LogP contribution >= 0.6 is 0 Å². The van der Waals surface area contributed by atoms with Crippen LogP contribution in [0.15, 0.2) is 41.3 Å². The van der Waals surface area contributed by atoms with Crippen molar-refractivity contribution in [2.24, 2.45) is 0 Å². The average Bonchev–Trinajstić information content (AvgIpc) is 2.74. The minimum atomic E-state index is -0.865. The lowest BCUT2D eigenvalue weighted by atomic mass is 10.1. The summed E-state index contributed by atoms with van der Waals surface area (Å²) in [6.07, 6.45) is 0.547. The first kappa shape index (κ1) is 21.1. The van der Waals surface area contributed by atoms with Gasteiger partial charge in [-0.1, -0.05) is 6.07 Å². The van der Waals surface area contributed by atoms with Gasteiger partial charge in [-0.2, -0.15) is 0 Å². The molecule has 0 bridgehead atoms. The van der Waals surface area contributed by atoms with Gasteiger partial charge in [-0.3, -0.25) is 4.79 Å². The Balaban J connectivity index is 1.93. The van der Waals surface area contributed by atoms with E-state index < -0.39 is 17.7 Å². The maximum Gasteiger partial charge on any atom is 0.412 e. The topological polar surface area (TPSA) is 78.8 Å². The number of nitrogens with one attached hydrogen (secondary N) is 1. The van der Waals surface area contributed by atoms with E-state index in [0.717, 1.165) is 12.1 Å². The van der Waals surface area contributed by atoms with Gasteiger partial charge in [0.05, 0.1) is 25.8 Å². The van der Waals surface area contributed by atoms with Crippen LogP contribution in [0.5, 0.6) is 17.2 Å². The van der Waals surface area contributed by atoms with E-state index in [1.807, 2.05) is 0 Å². The van der Waals surface area contributed by atoms with E-state index in [0.29, 0.717) is 23.4 Å². The van der Waals surface area contributed by atoms with Gasteiger partial charge in [0.25, 0.3) is 5.56 Å². The number of hydrogen-bond donors (Lipinski definition) is 1. The molecule has 0 aliphatic rings. The molecule has 1 amide bonds. The predicted molar refractivity (Wildman–Crippen MR) is 106 cm³/mol. The molecular weight excluding hydrogens is 398 g/mol. The van der Waals surface area contributed by atoms with E-state index in [2.05, 4.69) is 5.32 Å². The monoisotopic (exact) mass is 418 g/mol. The number of amides is 1. The fraction of sp³-hybridized carbons (Fsp3) is 0.238. The standard InChI is InChI=1S/C21H20F2N2O5/c1-4-25-11-19(14-8-17(28-2)18(29-3)9-15(14)20(25)26)30-21(27)24-10-12-5-6-13(22)7-16(12)23/h5-9,11H,4,10H2,1-3H3,(H,24,27). The first-order chi connectivity index (χ1) is 14.4. The quantitative estimate of drug-likeness (QED) is 0.662. The Morgan fingerprint density at radius 3 is 2.30 bits per heavy atom. The number of carbonyl (C=O) groups is 1. The molecular formula is C21H20F2N2O5. The molecule has 3 aromatic rings. The summed E-state index contributed by atoms with van der Waals surface area (Å²) in [5.41, 5.74) is -0.183.